The molecule has 3 heterocycles. The van der Waals surface area contributed by atoms with E-state index in [0.717, 1.165) is 28.3 Å². The number of carbonyl (C=O) groups is 1. The van der Waals surface area contributed by atoms with E-state index < -0.39 is 11.0 Å². The van der Waals surface area contributed by atoms with Gasteiger partial charge in [0.2, 0.25) is 0 Å². The number of hydrogen-bond acceptors (Lipinski definition) is 4. The normalized spacial score (nSPS) is 20.2. The van der Waals surface area contributed by atoms with Gasteiger partial charge in [0.1, 0.15) is 21.8 Å². The van der Waals surface area contributed by atoms with E-state index in [4.69, 9.17) is 16.3 Å². The Labute approximate surface area is 157 Å². The van der Waals surface area contributed by atoms with E-state index in [-0.39, 0.29) is 18.7 Å². The van der Waals surface area contributed by atoms with Crippen LogP contribution >= 0.6 is 22.9 Å². The van der Waals surface area contributed by atoms with Gasteiger partial charge in [0.25, 0.3) is 0 Å². The van der Waals surface area contributed by atoms with Crippen LogP contribution in [0.3, 0.4) is 0 Å². The molecule has 1 aromatic carbocycles. The van der Waals surface area contributed by atoms with Crippen LogP contribution in [0.25, 0.3) is 0 Å². The van der Waals surface area contributed by atoms with E-state index in [2.05, 4.69) is 0 Å². The van der Waals surface area contributed by atoms with Crippen molar-refractivity contribution in [1.82, 2.24) is 4.31 Å². The third-order valence-corrected chi connectivity index (χ3v) is 7.47. The molecule has 0 aliphatic carbocycles. The molecule has 1 fully saturated rings. The van der Waals surface area contributed by atoms with Gasteiger partial charge >= 0.3 is 6.09 Å². The molecule has 2 aliphatic rings. The van der Waals surface area contributed by atoms with Crippen LogP contribution in [0.4, 0.5) is 10.5 Å². The lowest BCUT2D eigenvalue weighted by Gasteiger charge is -2.39. The molecule has 25 heavy (non-hydrogen) atoms. The molecule has 0 radical (unpaired) electrons. The highest BCUT2D eigenvalue weighted by Crippen LogP contribution is 2.34. The number of nitrogens with zero attached hydrogens (tertiary/aromatic N) is 2. The zero-order chi connectivity index (χ0) is 17.4. The maximum atomic E-state index is 12.6. The van der Waals surface area contributed by atoms with Crippen LogP contribution in [0.1, 0.15) is 18.4 Å². The summed E-state index contributed by atoms with van der Waals surface area (Å²) in [6, 6.07) is 9.38. The number of ether oxygens (including phenoxy) is 1. The summed E-state index contributed by atoms with van der Waals surface area (Å²) in [6.45, 7) is 1.62. The SMILES string of the molecule is O=C1OCc2cc(Cl)ccc2N1C1CCN(S(=O)c2cccs2)CC1. The Hall–Kier alpha value is -1.41. The summed E-state index contributed by atoms with van der Waals surface area (Å²) in [5.74, 6) is 0. The fourth-order valence-corrected chi connectivity index (χ4v) is 5.76. The molecule has 5 nitrogen and oxygen atoms in total. The first kappa shape index (κ1) is 17.0. The molecule has 1 amide bonds. The number of carbonyl (C=O) groups excluding carboxylic acids is 1. The maximum absolute atomic E-state index is 12.6. The number of amides is 1. The highest BCUT2D eigenvalue weighted by atomic mass is 35.5. The Morgan fingerprint density at radius 3 is 2.76 bits per heavy atom. The zero-order valence-corrected chi connectivity index (χ0v) is 15.8. The van der Waals surface area contributed by atoms with Crippen LogP contribution in [0.2, 0.25) is 5.02 Å². The molecule has 0 saturated carbocycles. The van der Waals surface area contributed by atoms with Crippen molar-refractivity contribution in [1.29, 1.82) is 0 Å². The van der Waals surface area contributed by atoms with E-state index in [9.17, 15) is 9.00 Å². The average molecular weight is 397 g/mol. The lowest BCUT2D eigenvalue weighted by atomic mass is 10.0. The number of anilines is 1. The Morgan fingerprint density at radius 2 is 2.04 bits per heavy atom. The Bertz CT molecular complexity index is 804. The number of benzene rings is 1. The monoisotopic (exact) mass is 396 g/mol. The first-order valence-corrected chi connectivity index (χ1v) is 10.4. The number of fused-ring (bicyclic) bond motifs is 1. The molecule has 0 N–H and O–H groups in total. The van der Waals surface area contributed by atoms with Gasteiger partial charge in [-0.1, -0.05) is 17.7 Å². The molecule has 132 valence electrons. The third kappa shape index (κ3) is 3.33. The van der Waals surface area contributed by atoms with E-state index in [1.165, 1.54) is 11.3 Å². The second kappa shape index (κ2) is 7.07. The lowest BCUT2D eigenvalue weighted by Crippen LogP contribution is -2.49. The molecule has 1 atom stereocenters. The number of rotatable bonds is 3. The Morgan fingerprint density at radius 1 is 1.24 bits per heavy atom. The molecule has 8 heteroatoms. The van der Waals surface area contributed by atoms with Crippen molar-refractivity contribution in [2.45, 2.75) is 29.7 Å². The molecule has 2 aromatic rings. The molecular formula is C17H17ClN2O3S2. The predicted molar refractivity (Wildman–Crippen MR) is 99.4 cm³/mol. The number of piperidine rings is 1. The van der Waals surface area contributed by atoms with Crippen molar-refractivity contribution in [2.75, 3.05) is 18.0 Å². The van der Waals surface area contributed by atoms with Gasteiger partial charge in [-0.2, -0.15) is 0 Å². The highest BCUT2D eigenvalue weighted by Gasteiger charge is 2.35. The minimum atomic E-state index is -1.12. The molecule has 1 aromatic heterocycles. The van der Waals surface area contributed by atoms with Crippen LogP contribution in [0.15, 0.2) is 39.9 Å². The first-order valence-electron chi connectivity index (χ1n) is 8.08. The van der Waals surface area contributed by atoms with Gasteiger partial charge in [0.05, 0.1) is 5.69 Å². The van der Waals surface area contributed by atoms with Crippen molar-refractivity contribution < 1.29 is 13.7 Å². The van der Waals surface area contributed by atoms with Crippen molar-refractivity contribution in [2.24, 2.45) is 0 Å². The van der Waals surface area contributed by atoms with Gasteiger partial charge in [-0.15, -0.1) is 11.3 Å². The van der Waals surface area contributed by atoms with Gasteiger partial charge in [-0.25, -0.2) is 13.3 Å². The summed E-state index contributed by atoms with van der Waals surface area (Å²) in [5.41, 5.74) is 1.80. The van der Waals surface area contributed by atoms with Crippen LogP contribution in [0, 0.1) is 0 Å². The predicted octanol–water partition coefficient (Wildman–Crippen LogP) is 4.05. The minimum absolute atomic E-state index is 0.0457. The van der Waals surface area contributed by atoms with E-state index >= 15 is 0 Å². The fraction of sp³-hybridized carbons (Fsp3) is 0.353. The maximum Gasteiger partial charge on any atom is 0.414 e. The molecule has 0 bridgehead atoms. The Balaban J connectivity index is 1.49. The average Bonchev–Trinajstić information content (AvgIpc) is 3.16. The lowest BCUT2D eigenvalue weighted by molar-refractivity contribution is 0.136. The largest absolute Gasteiger partial charge is 0.444 e. The molecule has 4 rings (SSSR count). The van der Waals surface area contributed by atoms with E-state index in [1.54, 1.807) is 11.0 Å². The molecule has 1 saturated heterocycles. The summed E-state index contributed by atoms with van der Waals surface area (Å²) >= 11 is 7.56. The van der Waals surface area contributed by atoms with E-state index in [0.29, 0.717) is 18.1 Å². The summed E-state index contributed by atoms with van der Waals surface area (Å²) in [7, 11) is -1.12. The highest BCUT2D eigenvalue weighted by molar-refractivity contribution is 7.85. The van der Waals surface area contributed by atoms with Gasteiger partial charge in [-0.3, -0.25) is 4.90 Å². The van der Waals surface area contributed by atoms with Gasteiger partial charge in [0, 0.05) is 29.7 Å². The van der Waals surface area contributed by atoms with E-state index in [1.807, 2.05) is 34.0 Å². The molecule has 0 spiro atoms. The molecular weight excluding hydrogens is 380 g/mol. The summed E-state index contributed by atoms with van der Waals surface area (Å²) < 4.78 is 20.7. The Kier molecular flexibility index (Phi) is 4.82. The van der Waals surface area contributed by atoms with Crippen molar-refractivity contribution in [3.8, 4) is 0 Å². The number of thiophene rings is 1. The standard InChI is InChI=1S/C17H17ClN2O3S2/c18-13-3-4-15-12(10-13)11-23-17(21)20(15)14-5-7-19(8-6-14)25(22)16-2-1-9-24-16/h1-4,9-10,14H,5-8,11H2. The van der Waals surface area contributed by atoms with Crippen LogP contribution in [-0.4, -0.2) is 33.7 Å². The number of hydrogen-bond donors (Lipinski definition) is 0. The molecule has 1 unspecified atom stereocenters. The number of halogens is 1. The van der Waals surface area contributed by atoms with Crippen molar-refractivity contribution in [3.63, 3.8) is 0 Å². The second-order valence-corrected chi connectivity index (χ2v) is 9.14. The van der Waals surface area contributed by atoms with Gasteiger partial charge < -0.3 is 4.74 Å². The third-order valence-electron chi connectivity index (χ3n) is 4.54. The summed E-state index contributed by atoms with van der Waals surface area (Å²) in [4.78, 5) is 14.1. The van der Waals surface area contributed by atoms with Gasteiger partial charge in [0.15, 0.2) is 0 Å². The van der Waals surface area contributed by atoms with Crippen molar-refractivity contribution in [3.05, 3.63) is 46.3 Å². The first-order chi connectivity index (χ1) is 12.1. The zero-order valence-electron chi connectivity index (χ0n) is 13.4. The van der Waals surface area contributed by atoms with Crippen LogP contribution < -0.4 is 4.90 Å². The fourth-order valence-electron chi connectivity index (χ4n) is 3.31. The summed E-state index contributed by atoms with van der Waals surface area (Å²) in [6.07, 6.45) is 1.20. The van der Waals surface area contributed by atoms with Crippen LogP contribution in [-0.2, 0) is 22.3 Å². The van der Waals surface area contributed by atoms with Crippen LogP contribution in [0.5, 0.6) is 0 Å². The summed E-state index contributed by atoms with van der Waals surface area (Å²) in [5, 5.41) is 2.57. The second-order valence-electron chi connectivity index (χ2n) is 6.04. The minimum Gasteiger partial charge on any atom is -0.444 e. The topological polar surface area (TPSA) is 49.9 Å². The smallest absolute Gasteiger partial charge is 0.414 e. The van der Waals surface area contributed by atoms with Crippen molar-refractivity contribution >= 4 is 45.7 Å². The molecule has 2 aliphatic heterocycles. The quantitative estimate of drug-likeness (QED) is 0.786. The van der Waals surface area contributed by atoms with Gasteiger partial charge in [-0.05, 0) is 42.5 Å². The number of cyclic esters (lactones) is 1.